The maximum absolute atomic E-state index is 11.7. The molecule has 1 atom stereocenters. The van der Waals surface area contributed by atoms with Crippen LogP contribution >= 0.6 is 15.9 Å². The van der Waals surface area contributed by atoms with Crippen LogP contribution in [0.1, 0.15) is 22.8 Å². The number of hydrogen-bond acceptors (Lipinski definition) is 2. The molecule has 0 radical (unpaired) electrons. The van der Waals surface area contributed by atoms with Crippen molar-refractivity contribution in [2.45, 2.75) is 19.9 Å². The zero-order valence-corrected chi connectivity index (χ0v) is 10.5. The first-order valence-corrected chi connectivity index (χ1v) is 5.60. The smallest absolute Gasteiger partial charge is 0.251 e. The van der Waals surface area contributed by atoms with Crippen LogP contribution in [0.5, 0.6) is 0 Å². The molecular formula is C11H15BrN2O. The van der Waals surface area contributed by atoms with Gasteiger partial charge in [0.25, 0.3) is 5.91 Å². The van der Waals surface area contributed by atoms with Gasteiger partial charge in [0.05, 0.1) is 0 Å². The van der Waals surface area contributed by atoms with E-state index in [0.717, 1.165) is 10.0 Å². The number of carbonyl (C=O) groups is 1. The predicted molar refractivity (Wildman–Crippen MR) is 64.9 cm³/mol. The van der Waals surface area contributed by atoms with Gasteiger partial charge in [0.2, 0.25) is 0 Å². The second kappa shape index (κ2) is 5.28. The number of nitrogens with one attached hydrogen (secondary N) is 1. The Bertz CT molecular complexity index is 364. The fourth-order valence-electron chi connectivity index (χ4n) is 1.20. The van der Waals surface area contributed by atoms with E-state index >= 15 is 0 Å². The Hall–Kier alpha value is -0.870. The SMILES string of the molecule is Cc1c(Br)cccc1C(=O)NCC(C)N. The van der Waals surface area contributed by atoms with Crippen LogP contribution in [0.4, 0.5) is 0 Å². The van der Waals surface area contributed by atoms with E-state index in [2.05, 4.69) is 21.2 Å². The van der Waals surface area contributed by atoms with Gasteiger partial charge in [-0.05, 0) is 31.5 Å². The van der Waals surface area contributed by atoms with Crippen molar-refractivity contribution < 1.29 is 4.79 Å². The average molecular weight is 271 g/mol. The van der Waals surface area contributed by atoms with E-state index in [1.807, 2.05) is 26.0 Å². The Kier molecular flexibility index (Phi) is 4.29. The molecular weight excluding hydrogens is 256 g/mol. The molecule has 4 heteroatoms. The van der Waals surface area contributed by atoms with Gasteiger partial charge in [-0.1, -0.05) is 22.0 Å². The van der Waals surface area contributed by atoms with Crippen LogP contribution in [0, 0.1) is 6.92 Å². The molecule has 3 nitrogen and oxygen atoms in total. The molecule has 1 aromatic carbocycles. The first-order valence-electron chi connectivity index (χ1n) is 4.81. The quantitative estimate of drug-likeness (QED) is 0.881. The Balaban J connectivity index is 2.78. The largest absolute Gasteiger partial charge is 0.350 e. The van der Waals surface area contributed by atoms with Gasteiger partial charge in [0, 0.05) is 22.6 Å². The summed E-state index contributed by atoms with van der Waals surface area (Å²) >= 11 is 3.39. The zero-order valence-electron chi connectivity index (χ0n) is 8.88. The van der Waals surface area contributed by atoms with Crippen molar-refractivity contribution >= 4 is 21.8 Å². The molecule has 0 bridgehead atoms. The summed E-state index contributed by atoms with van der Waals surface area (Å²) in [5, 5.41) is 2.78. The third-order valence-electron chi connectivity index (χ3n) is 2.10. The third kappa shape index (κ3) is 3.32. The summed E-state index contributed by atoms with van der Waals surface area (Å²) in [6, 6.07) is 5.54. The normalized spacial score (nSPS) is 12.3. The molecule has 3 N–H and O–H groups in total. The average Bonchev–Trinajstić information content (AvgIpc) is 2.18. The van der Waals surface area contributed by atoms with Gasteiger partial charge in [-0.2, -0.15) is 0 Å². The molecule has 1 amide bonds. The lowest BCUT2D eigenvalue weighted by Gasteiger charge is -2.10. The molecule has 0 aromatic heterocycles. The summed E-state index contributed by atoms with van der Waals surface area (Å²) in [5.74, 6) is -0.0777. The van der Waals surface area contributed by atoms with E-state index in [0.29, 0.717) is 12.1 Å². The fraction of sp³-hybridized carbons (Fsp3) is 0.364. The Morgan fingerprint density at radius 3 is 2.87 bits per heavy atom. The molecule has 82 valence electrons. The molecule has 0 saturated carbocycles. The van der Waals surface area contributed by atoms with Crippen LogP contribution in [0.3, 0.4) is 0 Å². The standard InChI is InChI=1S/C11H15BrN2O/c1-7(13)6-14-11(15)9-4-3-5-10(12)8(9)2/h3-5,7H,6,13H2,1-2H3,(H,14,15). The highest BCUT2D eigenvalue weighted by Gasteiger charge is 2.10. The van der Waals surface area contributed by atoms with E-state index < -0.39 is 0 Å². The fourth-order valence-corrected chi connectivity index (χ4v) is 1.57. The van der Waals surface area contributed by atoms with Crippen LogP contribution in [-0.4, -0.2) is 18.5 Å². The lowest BCUT2D eigenvalue weighted by molar-refractivity contribution is 0.0951. The van der Waals surface area contributed by atoms with Crippen LogP contribution in [0.15, 0.2) is 22.7 Å². The number of halogens is 1. The van der Waals surface area contributed by atoms with E-state index in [9.17, 15) is 4.79 Å². The van der Waals surface area contributed by atoms with E-state index in [1.165, 1.54) is 0 Å². The van der Waals surface area contributed by atoms with Crippen molar-refractivity contribution in [1.82, 2.24) is 5.32 Å². The molecule has 0 aliphatic carbocycles. The molecule has 1 aromatic rings. The van der Waals surface area contributed by atoms with Crippen molar-refractivity contribution in [3.8, 4) is 0 Å². The summed E-state index contributed by atoms with van der Waals surface area (Å²) in [4.78, 5) is 11.7. The molecule has 0 fully saturated rings. The van der Waals surface area contributed by atoms with Gasteiger partial charge in [-0.25, -0.2) is 0 Å². The number of nitrogens with two attached hydrogens (primary N) is 1. The number of amides is 1. The molecule has 0 aliphatic heterocycles. The summed E-state index contributed by atoms with van der Waals surface area (Å²) in [5.41, 5.74) is 7.19. The molecule has 0 aliphatic rings. The van der Waals surface area contributed by atoms with E-state index in [1.54, 1.807) is 6.07 Å². The van der Waals surface area contributed by atoms with Gasteiger partial charge < -0.3 is 11.1 Å². The molecule has 0 saturated heterocycles. The third-order valence-corrected chi connectivity index (χ3v) is 2.96. The van der Waals surface area contributed by atoms with Crippen molar-refractivity contribution in [2.75, 3.05) is 6.54 Å². The maximum atomic E-state index is 11.7. The molecule has 0 heterocycles. The Labute approximate surface area is 98.2 Å². The van der Waals surface area contributed by atoms with Crippen molar-refractivity contribution in [3.63, 3.8) is 0 Å². The Morgan fingerprint density at radius 1 is 1.60 bits per heavy atom. The van der Waals surface area contributed by atoms with Gasteiger partial charge in [0.1, 0.15) is 0 Å². The highest BCUT2D eigenvalue weighted by Crippen LogP contribution is 2.19. The number of rotatable bonds is 3. The molecule has 0 spiro atoms. The topological polar surface area (TPSA) is 55.1 Å². The van der Waals surface area contributed by atoms with Gasteiger partial charge in [-0.15, -0.1) is 0 Å². The minimum atomic E-state index is -0.0777. The minimum Gasteiger partial charge on any atom is -0.350 e. The first-order chi connectivity index (χ1) is 7.02. The van der Waals surface area contributed by atoms with Crippen molar-refractivity contribution in [2.24, 2.45) is 5.73 Å². The number of carbonyl (C=O) groups excluding carboxylic acids is 1. The van der Waals surface area contributed by atoms with Gasteiger partial charge in [0.15, 0.2) is 0 Å². The second-order valence-corrected chi connectivity index (χ2v) is 4.45. The summed E-state index contributed by atoms with van der Waals surface area (Å²) in [6.07, 6.45) is 0. The van der Waals surface area contributed by atoms with Crippen LogP contribution in [-0.2, 0) is 0 Å². The number of benzene rings is 1. The summed E-state index contributed by atoms with van der Waals surface area (Å²) in [6.45, 7) is 4.25. The minimum absolute atomic E-state index is 0.0265. The van der Waals surface area contributed by atoms with Gasteiger partial charge in [-0.3, -0.25) is 4.79 Å². The highest BCUT2D eigenvalue weighted by molar-refractivity contribution is 9.10. The van der Waals surface area contributed by atoms with Gasteiger partial charge >= 0.3 is 0 Å². The van der Waals surface area contributed by atoms with Crippen LogP contribution in [0.25, 0.3) is 0 Å². The van der Waals surface area contributed by atoms with Crippen LogP contribution in [0.2, 0.25) is 0 Å². The van der Waals surface area contributed by atoms with Crippen molar-refractivity contribution in [3.05, 3.63) is 33.8 Å². The maximum Gasteiger partial charge on any atom is 0.251 e. The zero-order chi connectivity index (χ0) is 11.4. The lowest BCUT2D eigenvalue weighted by Crippen LogP contribution is -2.35. The Morgan fingerprint density at radius 2 is 2.27 bits per heavy atom. The summed E-state index contributed by atoms with van der Waals surface area (Å²) in [7, 11) is 0. The predicted octanol–water partition coefficient (Wildman–Crippen LogP) is 1.83. The monoisotopic (exact) mass is 270 g/mol. The summed E-state index contributed by atoms with van der Waals surface area (Å²) < 4.78 is 0.941. The lowest BCUT2D eigenvalue weighted by atomic mass is 10.1. The second-order valence-electron chi connectivity index (χ2n) is 3.60. The molecule has 1 rings (SSSR count). The van der Waals surface area contributed by atoms with Crippen LogP contribution < -0.4 is 11.1 Å². The van der Waals surface area contributed by atoms with E-state index in [4.69, 9.17) is 5.73 Å². The van der Waals surface area contributed by atoms with E-state index in [-0.39, 0.29) is 11.9 Å². The first kappa shape index (κ1) is 12.2. The van der Waals surface area contributed by atoms with Crippen molar-refractivity contribution in [1.29, 1.82) is 0 Å². The molecule has 15 heavy (non-hydrogen) atoms. The highest BCUT2D eigenvalue weighted by atomic mass is 79.9. The molecule has 1 unspecified atom stereocenters. The number of hydrogen-bond donors (Lipinski definition) is 2.